The molecule has 1 atom stereocenters. The second-order valence-corrected chi connectivity index (χ2v) is 4.76. The third-order valence-electron chi connectivity index (χ3n) is 3.78. The van der Waals surface area contributed by atoms with E-state index in [0.717, 1.165) is 30.6 Å². The first-order chi connectivity index (χ1) is 9.15. The molecule has 1 aromatic rings. The van der Waals surface area contributed by atoms with Gasteiger partial charge in [-0.1, -0.05) is 39.0 Å². The van der Waals surface area contributed by atoms with Crippen LogP contribution in [0, 0.1) is 0 Å². The van der Waals surface area contributed by atoms with Crippen LogP contribution in [0.1, 0.15) is 51.7 Å². The molecule has 3 heteroatoms. The van der Waals surface area contributed by atoms with Crippen LogP contribution in [-0.2, 0) is 4.74 Å². The molecule has 0 saturated heterocycles. The van der Waals surface area contributed by atoms with E-state index < -0.39 is 11.7 Å². The van der Waals surface area contributed by atoms with Crippen molar-refractivity contribution in [1.29, 1.82) is 0 Å². The molecule has 0 aliphatic carbocycles. The average Bonchev–Trinajstić information content (AvgIpc) is 2.47. The van der Waals surface area contributed by atoms with E-state index in [1.165, 1.54) is 0 Å². The molecule has 108 valence electrons. The van der Waals surface area contributed by atoms with Crippen molar-refractivity contribution in [3.05, 3.63) is 29.8 Å². The molecular weight excluding hydrogens is 240 g/mol. The Morgan fingerprint density at radius 1 is 1.16 bits per heavy atom. The fourth-order valence-corrected chi connectivity index (χ4v) is 2.37. The summed E-state index contributed by atoms with van der Waals surface area (Å²) in [6.45, 7) is 6.79. The van der Waals surface area contributed by atoms with E-state index >= 15 is 0 Å². The average molecular weight is 266 g/mol. The molecular formula is C16H26O3. The van der Waals surface area contributed by atoms with Gasteiger partial charge in [-0.05, 0) is 25.3 Å². The molecule has 0 aliphatic rings. The Morgan fingerprint density at radius 3 is 2.32 bits per heavy atom. The van der Waals surface area contributed by atoms with Gasteiger partial charge in [0.25, 0.3) is 0 Å². The summed E-state index contributed by atoms with van der Waals surface area (Å²) >= 11 is 0. The molecule has 0 radical (unpaired) electrons. The van der Waals surface area contributed by atoms with E-state index in [1.807, 2.05) is 38.1 Å². The largest absolute Gasteiger partial charge is 0.493 e. The lowest BCUT2D eigenvalue weighted by atomic mass is 9.85. The number of hydrogen-bond acceptors (Lipinski definition) is 3. The van der Waals surface area contributed by atoms with Crippen LogP contribution in [0.3, 0.4) is 0 Å². The van der Waals surface area contributed by atoms with Crippen LogP contribution >= 0.6 is 0 Å². The highest BCUT2D eigenvalue weighted by molar-refractivity contribution is 5.36. The number of ether oxygens (including phenoxy) is 2. The highest BCUT2D eigenvalue weighted by Gasteiger charge is 2.37. The molecule has 0 bridgehead atoms. The fourth-order valence-electron chi connectivity index (χ4n) is 2.37. The summed E-state index contributed by atoms with van der Waals surface area (Å²) in [4.78, 5) is 0. The molecule has 1 unspecified atom stereocenters. The number of aliphatic hydroxyl groups excluding tert-OH is 1. The van der Waals surface area contributed by atoms with Crippen LogP contribution in [0.5, 0.6) is 5.75 Å². The summed E-state index contributed by atoms with van der Waals surface area (Å²) in [6.07, 6.45) is 1.77. The van der Waals surface area contributed by atoms with Gasteiger partial charge in [-0.25, -0.2) is 0 Å². The van der Waals surface area contributed by atoms with Crippen LogP contribution in [-0.4, -0.2) is 24.4 Å². The molecule has 0 heterocycles. The lowest BCUT2D eigenvalue weighted by molar-refractivity contribution is -0.110. The number of methoxy groups -OCH3 is 1. The zero-order valence-corrected chi connectivity index (χ0v) is 12.5. The van der Waals surface area contributed by atoms with Gasteiger partial charge in [-0.3, -0.25) is 0 Å². The van der Waals surface area contributed by atoms with Crippen molar-refractivity contribution in [2.75, 3.05) is 13.7 Å². The zero-order chi connectivity index (χ0) is 14.3. The number of hydrogen-bond donors (Lipinski definition) is 1. The maximum Gasteiger partial charge on any atom is 0.125 e. The summed E-state index contributed by atoms with van der Waals surface area (Å²) in [5, 5.41) is 10.7. The second kappa shape index (κ2) is 7.51. The number of para-hydroxylation sites is 1. The minimum Gasteiger partial charge on any atom is -0.493 e. The Labute approximate surface area is 116 Å². The summed E-state index contributed by atoms with van der Waals surface area (Å²) in [5.41, 5.74) is 0.257. The van der Waals surface area contributed by atoms with Gasteiger partial charge in [-0.15, -0.1) is 0 Å². The minimum atomic E-state index is -0.680. The highest BCUT2D eigenvalue weighted by Crippen LogP contribution is 2.38. The van der Waals surface area contributed by atoms with E-state index in [1.54, 1.807) is 7.11 Å². The summed E-state index contributed by atoms with van der Waals surface area (Å²) < 4.78 is 11.3. The highest BCUT2D eigenvalue weighted by atomic mass is 16.5. The van der Waals surface area contributed by atoms with Gasteiger partial charge in [0, 0.05) is 12.7 Å². The van der Waals surface area contributed by atoms with Crippen molar-refractivity contribution in [3.8, 4) is 5.75 Å². The molecule has 1 N–H and O–H groups in total. The summed E-state index contributed by atoms with van der Waals surface area (Å²) in [5.74, 6) is 0.750. The Balaban J connectivity index is 3.06. The molecule has 1 aromatic carbocycles. The summed E-state index contributed by atoms with van der Waals surface area (Å²) in [7, 11) is 1.66. The van der Waals surface area contributed by atoms with Gasteiger partial charge in [-0.2, -0.15) is 0 Å². The van der Waals surface area contributed by atoms with Crippen molar-refractivity contribution in [2.24, 2.45) is 0 Å². The minimum absolute atomic E-state index is 0.550. The molecule has 0 fully saturated rings. The van der Waals surface area contributed by atoms with Crippen molar-refractivity contribution in [1.82, 2.24) is 0 Å². The summed E-state index contributed by atoms with van der Waals surface area (Å²) in [6, 6.07) is 7.66. The topological polar surface area (TPSA) is 38.7 Å². The smallest absolute Gasteiger partial charge is 0.125 e. The predicted octanol–water partition coefficient (Wildman–Crippen LogP) is 3.71. The second-order valence-electron chi connectivity index (χ2n) is 4.76. The number of aliphatic hydroxyl groups is 1. The Morgan fingerprint density at radius 2 is 1.79 bits per heavy atom. The van der Waals surface area contributed by atoms with Crippen LogP contribution in [0.4, 0.5) is 0 Å². The monoisotopic (exact) mass is 266 g/mol. The molecule has 0 aromatic heterocycles. The SMILES string of the molecule is CCCOc1ccccc1C(O)C(CC)(CC)OC. The van der Waals surface area contributed by atoms with E-state index in [-0.39, 0.29) is 0 Å². The van der Waals surface area contributed by atoms with E-state index in [9.17, 15) is 5.11 Å². The third kappa shape index (κ3) is 3.48. The number of rotatable bonds is 8. The van der Waals surface area contributed by atoms with Gasteiger partial charge >= 0.3 is 0 Å². The first-order valence-electron chi connectivity index (χ1n) is 7.10. The van der Waals surface area contributed by atoms with Gasteiger partial charge in [0.1, 0.15) is 11.9 Å². The molecule has 3 nitrogen and oxygen atoms in total. The number of benzene rings is 1. The molecule has 1 rings (SSSR count). The first-order valence-corrected chi connectivity index (χ1v) is 7.10. The maximum absolute atomic E-state index is 10.7. The lowest BCUT2D eigenvalue weighted by Gasteiger charge is -2.36. The Hall–Kier alpha value is -1.06. The zero-order valence-electron chi connectivity index (χ0n) is 12.5. The van der Waals surface area contributed by atoms with Gasteiger partial charge in [0.15, 0.2) is 0 Å². The van der Waals surface area contributed by atoms with Crippen molar-refractivity contribution < 1.29 is 14.6 Å². The van der Waals surface area contributed by atoms with E-state index in [4.69, 9.17) is 9.47 Å². The first kappa shape index (κ1) is 16.0. The van der Waals surface area contributed by atoms with Gasteiger partial charge in [0.05, 0.1) is 12.2 Å². The maximum atomic E-state index is 10.7. The van der Waals surface area contributed by atoms with Crippen LogP contribution in [0.15, 0.2) is 24.3 Å². The van der Waals surface area contributed by atoms with Crippen LogP contribution in [0.2, 0.25) is 0 Å². The molecule has 0 amide bonds. The third-order valence-corrected chi connectivity index (χ3v) is 3.78. The van der Waals surface area contributed by atoms with Crippen molar-refractivity contribution >= 4 is 0 Å². The quantitative estimate of drug-likeness (QED) is 0.779. The molecule has 0 saturated carbocycles. The van der Waals surface area contributed by atoms with Crippen LogP contribution in [0.25, 0.3) is 0 Å². The standard InChI is InChI=1S/C16H26O3/c1-5-12-19-14-11-9-8-10-13(14)15(17)16(6-2,7-3)18-4/h8-11,15,17H,5-7,12H2,1-4H3. The fraction of sp³-hybridized carbons (Fsp3) is 0.625. The van der Waals surface area contributed by atoms with Gasteiger partial charge in [0.2, 0.25) is 0 Å². The van der Waals surface area contributed by atoms with Crippen LogP contribution < -0.4 is 4.74 Å². The Bertz CT molecular complexity index is 364. The normalized spacial score (nSPS) is 13.3. The molecule has 19 heavy (non-hydrogen) atoms. The van der Waals surface area contributed by atoms with E-state index in [0.29, 0.717) is 6.61 Å². The molecule has 0 aliphatic heterocycles. The Kier molecular flexibility index (Phi) is 6.32. The molecule has 0 spiro atoms. The van der Waals surface area contributed by atoms with Crippen molar-refractivity contribution in [2.45, 2.75) is 51.7 Å². The lowest BCUT2D eigenvalue weighted by Crippen LogP contribution is -2.37. The van der Waals surface area contributed by atoms with Gasteiger partial charge < -0.3 is 14.6 Å². The predicted molar refractivity (Wildman–Crippen MR) is 77.5 cm³/mol. The van der Waals surface area contributed by atoms with Crippen molar-refractivity contribution in [3.63, 3.8) is 0 Å². The van der Waals surface area contributed by atoms with E-state index in [2.05, 4.69) is 6.92 Å².